The van der Waals surface area contributed by atoms with Gasteiger partial charge in [0.25, 0.3) is 0 Å². The molecular formula is C15H25I. The maximum absolute atomic E-state index is 2.61. The van der Waals surface area contributed by atoms with Gasteiger partial charge in [0.2, 0.25) is 0 Å². The Morgan fingerprint density at radius 1 is 1.19 bits per heavy atom. The molecule has 1 heteroatoms. The van der Waals surface area contributed by atoms with Crippen LogP contribution in [0.1, 0.15) is 59.8 Å². The minimum atomic E-state index is 0.487. The van der Waals surface area contributed by atoms with Crippen LogP contribution in [0.2, 0.25) is 0 Å². The SMILES string of the molecule is C[C@H]1CCC2=C(CCCC2(C)C)[C@]1(C)CI. The molecule has 0 aromatic heterocycles. The Bertz CT molecular complexity index is 313. The van der Waals surface area contributed by atoms with Gasteiger partial charge >= 0.3 is 0 Å². The third-order valence-corrected chi connectivity index (χ3v) is 6.88. The van der Waals surface area contributed by atoms with Gasteiger partial charge < -0.3 is 0 Å². The summed E-state index contributed by atoms with van der Waals surface area (Å²) < 4.78 is 1.29. The molecule has 0 saturated carbocycles. The van der Waals surface area contributed by atoms with Crippen molar-refractivity contribution >= 4 is 22.6 Å². The molecule has 0 radical (unpaired) electrons. The molecule has 2 aliphatic carbocycles. The molecule has 0 amide bonds. The summed E-state index contributed by atoms with van der Waals surface area (Å²) in [6.07, 6.45) is 6.96. The third-order valence-electron chi connectivity index (χ3n) is 5.29. The highest BCUT2D eigenvalue weighted by Crippen LogP contribution is 2.55. The summed E-state index contributed by atoms with van der Waals surface area (Å²) in [5, 5.41) is 0. The van der Waals surface area contributed by atoms with Gasteiger partial charge in [-0.3, -0.25) is 0 Å². The number of hydrogen-bond acceptors (Lipinski definition) is 0. The summed E-state index contributed by atoms with van der Waals surface area (Å²) in [6, 6.07) is 0. The molecular weight excluding hydrogens is 307 g/mol. The van der Waals surface area contributed by atoms with Crippen molar-refractivity contribution in [3.63, 3.8) is 0 Å². The zero-order chi connectivity index (χ0) is 12.0. The number of rotatable bonds is 1. The molecule has 92 valence electrons. The minimum absolute atomic E-state index is 0.487. The van der Waals surface area contributed by atoms with Crippen LogP contribution < -0.4 is 0 Å². The van der Waals surface area contributed by atoms with Gasteiger partial charge in [-0.25, -0.2) is 0 Å². The number of allylic oxidation sites excluding steroid dienone is 2. The lowest BCUT2D eigenvalue weighted by Gasteiger charge is -2.49. The van der Waals surface area contributed by atoms with Crippen molar-refractivity contribution in [2.24, 2.45) is 16.7 Å². The lowest BCUT2D eigenvalue weighted by molar-refractivity contribution is 0.208. The van der Waals surface area contributed by atoms with Gasteiger partial charge in [-0.1, -0.05) is 61.4 Å². The molecule has 2 aliphatic rings. The first kappa shape index (κ1) is 12.9. The number of hydrogen-bond donors (Lipinski definition) is 0. The average Bonchev–Trinajstić information content (AvgIpc) is 2.23. The molecule has 0 unspecified atom stereocenters. The number of alkyl halides is 1. The molecule has 0 fully saturated rings. The topological polar surface area (TPSA) is 0 Å². The molecule has 0 saturated heterocycles. The van der Waals surface area contributed by atoms with Gasteiger partial charge in [0.15, 0.2) is 0 Å². The summed E-state index contributed by atoms with van der Waals surface area (Å²) in [5.41, 5.74) is 4.65. The number of halogens is 1. The monoisotopic (exact) mass is 332 g/mol. The molecule has 0 heterocycles. The van der Waals surface area contributed by atoms with E-state index >= 15 is 0 Å². The van der Waals surface area contributed by atoms with Crippen molar-refractivity contribution in [3.05, 3.63) is 11.1 Å². The second-order valence-electron chi connectivity index (χ2n) is 6.69. The first-order valence-electron chi connectivity index (χ1n) is 6.71. The maximum atomic E-state index is 2.61. The fraction of sp³-hybridized carbons (Fsp3) is 0.867. The average molecular weight is 332 g/mol. The van der Waals surface area contributed by atoms with Crippen LogP contribution in [0.4, 0.5) is 0 Å². The Hall–Kier alpha value is 0.470. The normalized spacial score (nSPS) is 38.4. The van der Waals surface area contributed by atoms with Crippen LogP contribution in [0.3, 0.4) is 0 Å². The van der Waals surface area contributed by atoms with Crippen molar-refractivity contribution in [3.8, 4) is 0 Å². The lowest BCUT2D eigenvalue weighted by Crippen LogP contribution is -2.38. The third kappa shape index (κ3) is 1.87. The highest BCUT2D eigenvalue weighted by molar-refractivity contribution is 14.1. The quantitative estimate of drug-likeness (QED) is 0.344. The van der Waals surface area contributed by atoms with E-state index in [-0.39, 0.29) is 0 Å². The zero-order valence-electron chi connectivity index (χ0n) is 11.2. The highest BCUT2D eigenvalue weighted by Gasteiger charge is 2.43. The van der Waals surface area contributed by atoms with Crippen LogP contribution >= 0.6 is 22.6 Å². The molecule has 16 heavy (non-hydrogen) atoms. The van der Waals surface area contributed by atoms with Gasteiger partial charge in [0.1, 0.15) is 0 Å². The first-order valence-corrected chi connectivity index (χ1v) is 8.23. The van der Waals surface area contributed by atoms with Crippen LogP contribution in [0, 0.1) is 16.7 Å². The van der Waals surface area contributed by atoms with E-state index in [0.29, 0.717) is 10.8 Å². The Morgan fingerprint density at radius 2 is 1.88 bits per heavy atom. The summed E-state index contributed by atoms with van der Waals surface area (Å²) in [4.78, 5) is 0. The summed E-state index contributed by atoms with van der Waals surface area (Å²) in [7, 11) is 0. The van der Waals surface area contributed by atoms with E-state index in [1.807, 2.05) is 11.1 Å². The highest BCUT2D eigenvalue weighted by atomic mass is 127. The molecule has 0 aromatic carbocycles. The minimum Gasteiger partial charge on any atom is -0.0854 e. The van der Waals surface area contributed by atoms with Gasteiger partial charge in [-0.05, 0) is 43.4 Å². The molecule has 0 spiro atoms. The molecule has 0 N–H and O–H groups in total. The van der Waals surface area contributed by atoms with E-state index in [1.165, 1.54) is 36.5 Å². The predicted octanol–water partition coefficient (Wildman–Crippen LogP) is 5.36. The van der Waals surface area contributed by atoms with Crippen LogP contribution in [-0.4, -0.2) is 4.43 Å². The second kappa shape index (κ2) is 4.29. The summed E-state index contributed by atoms with van der Waals surface area (Å²) >= 11 is 2.61. The van der Waals surface area contributed by atoms with Crippen molar-refractivity contribution in [1.29, 1.82) is 0 Å². The van der Waals surface area contributed by atoms with Crippen molar-refractivity contribution in [2.45, 2.75) is 59.8 Å². The van der Waals surface area contributed by atoms with Gasteiger partial charge in [0.05, 0.1) is 0 Å². The van der Waals surface area contributed by atoms with E-state index in [1.54, 1.807) is 0 Å². The van der Waals surface area contributed by atoms with Gasteiger partial charge in [0, 0.05) is 9.84 Å². The Balaban J connectivity index is 2.48. The fourth-order valence-electron chi connectivity index (χ4n) is 3.73. The van der Waals surface area contributed by atoms with Crippen LogP contribution in [-0.2, 0) is 0 Å². The van der Waals surface area contributed by atoms with Crippen LogP contribution in [0.15, 0.2) is 11.1 Å². The Labute approximate surface area is 114 Å². The molecule has 2 rings (SSSR count). The van der Waals surface area contributed by atoms with Crippen molar-refractivity contribution < 1.29 is 0 Å². The molecule has 0 nitrogen and oxygen atoms in total. The smallest absolute Gasteiger partial charge is 0.00893 e. The molecule has 0 bridgehead atoms. The van der Waals surface area contributed by atoms with E-state index in [9.17, 15) is 0 Å². The van der Waals surface area contributed by atoms with Gasteiger partial charge in [-0.15, -0.1) is 0 Å². The molecule has 2 atom stereocenters. The van der Waals surface area contributed by atoms with E-state index in [2.05, 4.69) is 50.3 Å². The van der Waals surface area contributed by atoms with E-state index in [0.717, 1.165) is 5.92 Å². The zero-order valence-corrected chi connectivity index (χ0v) is 13.4. The lowest BCUT2D eigenvalue weighted by atomic mass is 9.57. The maximum Gasteiger partial charge on any atom is 0.00893 e. The van der Waals surface area contributed by atoms with E-state index < -0.39 is 0 Å². The largest absolute Gasteiger partial charge is 0.0854 e. The Kier molecular flexibility index (Phi) is 3.46. The first-order chi connectivity index (χ1) is 7.42. The fourth-order valence-corrected chi connectivity index (χ4v) is 4.94. The van der Waals surface area contributed by atoms with Crippen molar-refractivity contribution in [1.82, 2.24) is 0 Å². The standard InChI is InChI=1S/C15H25I/c1-11-7-8-12-13(15(11,4)10-16)6-5-9-14(12,2)3/h11H,5-10H2,1-4H3/t11-,15+/m0/s1. The second-order valence-corrected chi connectivity index (χ2v) is 7.45. The van der Waals surface area contributed by atoms with Gasteiger partial charge in [-0.2, -0.15) is 0 Å². The van der Waals surface area contributed by atoms with Crippen molar-refractivity contribution in [2.75, 3.05) is 4.43 Å². The summed E-state index contributed by atoms with van der Waals surface area (Å²) in [5.74, 6) is 0.872. The van der Waals surface area contributed by atoms with E-state index in [4.69, 9.17) is 0 Å². The Morgan fingerprint density at radius 3 is 2.50 bits per heavy atom. The molecule has 0 aromatic rings. The van der Waals surface area contributed by atoms with Crippen LogP contribution in [0.25, 0.3) is 0 Å². The van der Waals surface area contributed by atoms with Crippen LogP contribution in [0.5, 0.6) is 0 Å². The predicted molar refractivity (Wildman–Crippen MR) is 80.1 cm³/mol. The molecule has 0 aliphatic heterocycles. The summed E-state index contributed by atoms with van der Waals surface area (Å²) in [6.45, 7) is 9.90.